The third-order valence-electron chi connectivity index (χ3n) is 6.06. The minimum Gasteiger partial charge on any atom is -0.487 e. The zero-order valence-corrected chi connectivity index (χ0v) is 19.0. The number of amides is 1. The summed E-state index contributed by atoms with van der Waals surface area (Å²) in [5.74, 6) is 1.06. The molecule has 0 aliphatic carbocycles. The van der Waals surface area contributed by atoms with Gasteiger partial charge in [-0.1, -0.05) is 47.5 Å². The lowest BCUT2D eigenvalue weighted by Gasteiger charge is -2.39. The average molecular weight is 447 g/mol. The Hall–Kier alpha value is -1.75. The first-order valence-corrected chi connectivity index (χ1v) is 11.3. The van der Waals surface area contributed by atoms with Gasteiger partial charge in [0.1, 0.15) is 11.4 Å². The molecule has 2 aromatic rings. The molecule has 0 aromatic heterocycles. The Kier molecular flexibility index (Phi) is 6.29. The Morgan fingerprint density at radius 1 is 1.17 bits per heavy atom. The van der Waals surface area contributed by atoms with Crippen LogP contribution in [-0.4, -0.2) is 29.5 Å². The summed E-state index contributed by atoms with van der Waals surface area (Å²) in [4.78, 5) is 15.4. The SMILES string of the molecule is CC1(C)CC(NC(=O)C2CCN(Cc3ccc(Cl)cc3Cl)CC2)c2ccccc2O1. The van der Waals surface area contributed by atoms with Crippen LogP contribution in [0.4, 0.5) is 0 Å². The molecule has 0 radical (unpaired) electrons. The number of benzene rings is 2. The quantitative estimate of drug-likeness (QED) is 0.661. The first-order valence-electron chi connectivity index (χ1n) is 10.6. The third-order valence-corrected chi connectivity index (χ3v) is 6.65. The van der Waals surface area contributed by atoms with Gasteiger partial charge < -0.3 is 10.1 Å². The minimum atomic E-state index is -0.298. The lowest BCUT2D eigenvalue weighted by molar-refractivity contribution is -0.127. The Bertz CT molecular complexity index is 923. The van der Waals surface area contributed by atoms with Crippen molar-refractivity contribution >= 4 is 29.1 Å². The molecule has 2 heterocycles. The van der Waals surface area contributed by atoms with Crippen molar-refractivity contribution in [3.05, 3.63) is 63.6 Å². The van der Waals surface area contributed by atoms with Crippen molar-refractivity contribution in [2.45, 2.75) is 51.3 Å². The molecule has 0 saturated carbocycles. The van der Waals surface area contributed by atoms with Crippen molar-refractivity contribution in [2.24, 2.45) is 5.92 Å². The van der Waals surface area contributed by atoms with Gasteiger partial charge in [-0.25, -0.2) is 0 Å². The molecule has 1 unspecified atom stereocenters. The minimum absolute atomic E-state index is 0.0108. The normalized spacial score (nSPS) is 21.5. The van der Waals surface area contributed by atoms with Crippen LogP contribution in [0, 0.1) is 5.92 Å². The number of nitrogens with zero attached hydrogens (tertiary/aromatic N) is 1. The summed E-state index contributed by atoms with van der Waals surface area (Å²) in [6.45, 7) is 6.69. The summed E-state index contributed by atoms with van der Waals surface area (Å²) < 4.78 is 6.09. The fraction of sp³-hybridized carbons (Fsp3) is 0.458. The smallest absolute Gasteiger partial charge is 0.223 e. The van der Waals surface area contributed by atoms with Gasteiger partial charge in [-0.15, -0.1) is 0 Å². The number of ether oxygens (including phenoxy) is 1. The van der Waals surface area contributed by atoms with Crippen LogP contribution in [0.5, 0.6) is 5.75 Å². The summed E-state index contributed by atoms with van der Waals surface area (Å²) in [6, 6.07) is 13.6. The Morgan fingerprint density at radius 3 is 2.63 bits per heavy atom. The van der Waals surface area contributed by atoms with Crippen molar-refractivity contribution < 1.29 is 9.53 Å². The summed E-state index contributed by atoms with van der Waals surface area (Å²) in [5, 5.41) is 4.65. The predicted molar refractivity (Wildman–Crippen MR) is 121 cm³/mol. The van der Waals surface area contributed by atoms with Gasteiger partial charge in [-0.05, 0) is 63.5 Å². The second-order valence-corrected chi connectivity index (χ2v) is 9.79. The molecule has 2 aliphatic rings. The van der Waals surface area contributed by atoms with Crippen LogP contribution in [0.2, 0.25) is 10.0 Å². The number of fused-ring (bicyclic) bond motifs is 1. The van der Waals surface area contributed by atoms with Gasteiger partial charge in [0, 0.05) is 34.5 Å². The van der Waals surface area contributed by atoms with E-state index in [0.29, 0.717) is 10.0 Å². The molecule has 4 nitrogen and oxygen atoms in total. The number of likely N-dealkylation sites (tertiary alicyclic amines) is 1. The summed E-state index contributed by atoms with van der Waals surface area (Å²) in [5.41, 5.74) is 1.85. The van der Waals surface area contributed by atoms with Gasteiger partial charge in [-0.3, -0.25) is 9.69 Å². The number of hydrogen-bond donors (Lipinski definition) is 1. The van der Waals surface area contributed by atoms with Gasteiger partial charge in [-0.2, -0.15) is 0 Å². The number of carbonyl (C=O) groups is 1. The van der Waals surface area contributed by atoms with Crippen molar-refractivity contribution in [1.82, 2.24) is 10.2 Å². The highest BCUT2D eigenvalue weighted by molar-refractivity contribution is 6.35. The molecule has 1 amide bonds. The number of halogens is 2. The topological polar surface area (TPSA) is 41.6 Å². The molecule has 1 atom stereocenters. The van der Waals surface area contributed by atoms with Crippen molar-refractivity contribution in [3.8, 4) is 5.75 Å². The van der Waals surface area contributed by atoms with E-state index < -0.39 is 0 Å². The molecule has 1 fully saturated rings. The van der Waals surface area contributed by atoms with Crippen LogP contribution in [0.15, 0.2) is 42.5 Å². The standard InChI is InChI=1S/C24H28Cl2N2O2/c1-24(2)14-21(19-5-3-4-6-22(19)30-24)27-23(29)16-9-11-28(12-10-16)15-17-7-8-18(25)13-20(17)26/h3-8,13,16,21H,9-12,14-15H2,1-2H3,(H,27,29). The van der Waals surface area contributed by atoms with Gasteiger partial charge in [0.25, 0.3) is 0 Å². The van der Waals surface area contributed by atoms with Gasteiger partial charge >= 0.3 is 0 Å². The molecule has 1 saturated heterocycles. The van der Waals surface area contributed by atoms with Crippen LogP contribution in [0.25, 0.3) is 0 Å². The monoisotopic (exact) mass is 446 g/mol. The molecule has 30 heavy (non-hydrogen) atoms. The van der Waals surface area contributed by atoms with E-state index in [1.54, 1.807) is 6.07 Å². The zero-order chi connectivity index (χ0) is 21.3. The molecule has 0 bridgehead atoms. The number of carbonyl (C=O) groups excluding carboxylic acids is 1. The molecular formula is C24H28Cl2N2O2. The van der Waals surface area contributed by atoms with Crippen LogP contribution in [0.3, 0.4) is 0 Å². The fourth-order valence-corrected chi connectivity index (χ4v) is 4.93. The number of rotatable bonds is 4. The van der Waals surface area contributed by atoms with E-state index in [1.165, 1.54) is 0 Å². The number of hydrogen-bond acceptors (Lipinski definition) is 3. The Labute approximate surface area is 188 Å². The lowest BCUT2D eigenvalue weighted by Crippen LogP contribution is -2.45. The van der Waals surface area contributed by atoms with E-state index in [4.69, 9.17) is 27.9 Å². The largest absolute Gasteiger partial charge is 0.487 e. The van der Waals surface area contributed by atoms with Crippen LogP contribution in [0.1, 0.15) is 50.3 Å². The number of para-hydroxylation sites is 1. The van der Waals surface area contributed by atoms with Gasteiger partial charge in [0.2, 0.25) is 5.91 Å². The van der Waals surface area contributed by atoms with Crippen LogP contribution < -0.4 is 10.1 Å². The first kappa shape index (κ1) is 21.5. The van der Waals surface area contributed by atoms with Crippen molar-refractivity contribution in [1.29, 1.82) is 0 Å². The second kappa shape index (κ2) is 8.78. The maximum Gasteiger partial charge on any atom is 0.223 e. The molecule has 1 N–H and O–H groups in total. The summed E-state index contributed by atoms with van der Waals surface area (Å²) in [7, 11) is 0. The van der Waals surface area contributed by atoms with E-state index >= 15 is 0 Å². The lowest BCUT2D eigenvalue weighted by atomic mass is 9.88. The van der Waals surface area contributed by atoms with E-state index in [-0.39, 0.29) is 23.5 Å². The Morgan fingerprint density at radius 2 is 1.90 bits per heavy atom. The van der Waals surface area contributed by atoms with Crippen LogP contribution >= 0.6 is 23.2 Å². The average Bonchev–Trinajstić information content (AvgIpc) is 2.70. The maximum absolute atomic E-state index is 13.0. The number of nitrogens with one attached hydrogen (secondary N) is 1. The molecule has 2 aromatic carbocycles. The summed E-state index contributed by atoms with van der Waals surface area (Å²) >= 11 is 12.3. The Balaban J connectivity index is 1.35. The highest BCUT2D eigenvalue weighted by Crippen LogP contribution is 2.39. The highest BCUT2D eigenvalue weighted by Gasteiger charge is 2.35. The third kappa shape index (κ3) is 4.93. The zero-order valence-electron chi connectivity index (χ0n) is 17.5. The van der Waals surface area contributed by atoms with E-state index in [1.807, 2.05) is 36.4 Å². The molecular weight excluding hydrogens is 419 g/mol. The molecule has 6 heteroatoms. The molecule has 0 spiro atoms. The summed E-state index contributed by atoms with van der Waals surface area (Å²) in [6.07, 6.45) is 2.47. The van der Waals surface area contributed by atoms with Gasteiger partial charge in [0.15, 0.2) is 0 Å². The maximum atomic E-state index is 13.0. The van der Waals surface area contributed by atoms with Crippen LogP contribution in [-0.2, 0) is 11.3 Å². The van der Waals surface area contributed by atoms with E-state index in [9.17, 15) is 4.79 Å². The van der Waals surface area contributed by atoms with Crippen molar-refractivity contribution in [3.63, 3.8) is 0 Å². The second-order valence-electron chi connectivity index (χ2n) is 8.95. The molecule has 160 valence electrons. The number of piperidine rings is 1. The predicted octanol–water partition coefficient (Wildman–Crippen LogP) is 5.62. The van der Waals surface area contributed by atoms with E-state index in [2.05, 4.69) is 24.1 Å². The molecule has 4 rings (SSSR count). The first-order chi connectivity index (χ1) is 14.3. The highest BCUT2D eigenvalue weighted by atomic mass is 35.5. The van der Waals surface area contributed by atoms with E-state index in [0.717, 1.165) is 55.8 Å². The van der Waals surface area contributed by atoms with Gasteiger partial charge in [0.05, 0.1) is 6.04 Å². The molecule has 2 aliphatic heterocycles. The van der Waals surface area contributed by atoms with Crippen molar-refractivity contribution in [2.75, 3.05) is 13.1 Å². The fourth-order valence-electron chi connectivity index (χ4n) is 4.46.